The van der Waals surface area contributed by atoms with E-state index in [2.05, 4.69) is 49.7 Å². The maximum absolute atomic E-state index is 3.83. The smallest absolute Gasteiger partial charge is 0.0252 e. The average molecular weight is 296 g/mol. The van der Waals surface area contributed by atoms with E-state index in [0.717, 1.165) is 18.0 Å². The van der Waals surface area contributed by atoms with Gasteiger partial charge in [0.15, 0.2) is 0 Å². The Hall–Kier alpha value is -0.120. The lowest BCUT2D eigenvalue weighted by Crippen LogP contribution is -2.60. The minimum Gasteiger partial charge on any atom is -0.312 e. The van der Waals surface area contributed by atoms with Crippen LogP contribution < -0.4 is 5.32 Å². The first-order chi connectivity index (χ1) is 9.91. The van der Waals surface area contributed by atoms with Gasteiger partial charge in [0.2, 0.25) is 0 Å². The van der Waals surface area contributed by atoms with E-state index in [1.807, 2.05) is 0 Å². The minimum absolute atomic E-state index is 0.325. The summed E-state index contributed by atoms with van der Waals surface area (Å²) in [4.78, 5) is 5.43. The summed E-state index contributed by atoms with van der Waals surface area (Å²) in [5.74, 6) is 0.898. The van der Waals surface area contributed by atoms with Gasteiger partial charge in [0, 0.05) is 43.8 Å². The van der Waals surface area contributed by atoms with E-state index in [-0.39, 0.29) is 0 Å². The molecule has 0 aromatic rings. The molecule has 2 rings (SSSR count). The van der Waals surface area contributed by atoms with Crippen molar-refractivity contribution in [1.82, 2.24) is 15.1 Å². The van der Waals surface area contributed by atoms with Crippen LogP contribution in [0, 0.1) is 5.92 Å². The summed E-state index contributed by atoms with van der Waals surface area (Å²) in [6.45, 7) is 17.9. The molecule has 0 aromatic carbocycles. The molecule has 0 radical (unpaired) electrons. The van der Waals surface area contributed by atoms with Crippen LogP contribution in [0.15, 0.2) is 0 Å². The van der Waals surface area contributed by atoms with E-state index in [9.17, 15) is 0 Å². The molecule has 1 aliphatic carbocycles. The second kappa shape index (κ2) is 7.43. The summed E-state index contributed by atoms with van der Waals surface area (Å²) < 4.78 is 0. The fourth-order valence-corrected chi connectivity index (χ4v) is 4.05. The van der Waals surface area contributed by atoms with Crippen LogP contribution in [0.1, 0.15) is 60.3 Å². The summed E-state index contributed by atoms with van der Waals surface area (Å²) in [5.41, 5.74) is 0.325. The topological polar surface area (TPSA) is 18.5 Å². The molecule has 3 heteroatoms. The SMILES string of the molecule is CCCNC1CCC(C)CC1N1CCN(C(C)(C)C)CC1. The van der Waals surface area contributed by atoms with Crippen LogP contribution in [-0.2, 0) is 0 Å². The Labute approximate surface area is 132 Å². The lowest BCUT2D eigenvalue weighted by Gasteiger charge is -2.48. The first-order valence-electron chi connectivity index (χ1n) is 9.14. The highest BCUT2D eigenvalue weighted by Crippen LogP contribution is 2.29. The molecule has 0 aromatic heterocycles. The van der Waals surface area contributed by atoms with Crippen molar-refractivity contribution in [3.05, 3.63) is 0 Å². The van der Waals surface area contributed by atoms with Crippen molar-refractivity contribution in [1.29, 1.82) is 0 Å². The predicted octanol–water partition coefficient (Wildman–Crippen LogP) is 2.96. The van der Waals surface area contributed by atoms with Gasteiger partial charge in [0.1, 0.15) is 0 Å². The maximum Gasteiger partial charge on any atom is 0.0252 e. The third-order valence-corrected chi connectivity index (χ3v) is 5.47. The summed E-state index contributed by atoms with van der Waals surface area (Å²) in [7, 11) is 0. The van der Waals surface area contributed by atoms with Crippen LogP contribution in [0.5, 0.6) is 0 Å². The Morgan fingerprint density at radius 1 is 1.05 bits per heavy atom. The molecule has 0 amide bonds. The molecule has 1 heterocycles. The van der Waals surface area contributed by atoms with Crippen molar-refractivity contribution in [2.75, 3.05) is 32.7 Å². The third kappa shape index (κ3) is 4.67. The van der Waals surface area contributed by atoms with Gasteiger partial charge >= 0.3 is 0 Å². The van der Waals surface area contributed by atoms with E-state index in [1.165, 1.54) is 58.4 Å². The monoisotopic (exact) mass is 295 g/mol. The molecule has 1 saturated heterocycles. The molecule has 124 valence electrons. The highest BCUT2D eigenvalue weighted by molar-refractivity contribution is 4.93. The summed E-state index contributed by atoms with van der Waals surface area (Å²) in [6.07, 6.45) is 5.40. The van der Waals surface area contributed by atoms with Crippen molar-refractivity contribution in [2.24, 2.45) is 5.92 Å². The van der Waals surface area contributed by atoms with E-state index >= 15 is 0 Å². The largest absolute Gasteiger partial charge is 0.312 e. The van der Waals surface area contributed by atoms with E-state index in [0.29, 0.717) is 5.54 Å². The van der Waals surface area contributed by atoms with Gasteiger partial charge in [-0.1, -0.05) is 13.8 Å². The first kappa shape index (κ1) is 17.2. The first-order valence-corrected chi connectivity index (χ1v) is 9.14. The molecule has 3 nitrogen and oxygen atoms in total. The van der Waals surface area contributed by atoms with Crippen molar-refractivity contribution in [3.8, 4) is 0 Å². The van der Waals surface area contributed by atoms with Gasteiger partial charge in [0.25, 0.3) is 0 Å². The molecule has 21 heavy (non-hydrogen) atoms. The molecule has 3 unspecified atom stereocenters. The maximum atomic E-state index is 3.83. The molecule has 0 bridgehead atoms. The highest BCUT2D eigenvalue weighted by Gasteiger charge is 2.35. The fourth-order valence-electron chi connectivity index (χ4n) is 4.05. The zero-order valence-corrected chi connectivity index (χ0v) is 15.0. The number of rotatable bonds is 4. The Morgan fingerprint density at radius 3 is 2.29 bits per heavy atom. The van der Waals surface area contributed by atoms with E-state index < -0.39 is 0 Å². The predicted molar refractivity (Wildman–Crippen MR) is 91.8 cm³/mol. The van der Waals surface area contributed by atoms with Crippen molar-refractivity contribution >= 4 is 0 Å². The molecule has 2 aliphatic rings. The van der Waals surface area contributed by atoms with Crippen LogP contribution in [0.2, 0.25) is 0 Å². The zero-order chi connectivity index (χ0) is 15.5. The lowest BCUT2D eigenvalue weighted by atomic mass is 9.82. The number of nitrogens with zero attached hydrogens (tertiary/aromatic N) is 2. The quantitative estimate of drug-likeness (QED) is 0.860. The van der Waals surface area contributed by atoms with E-state index in [4.69, 9.17) is 0 Å². The van der Waals surface area contributed by atoms with Crippen LogP contribution in [0.4, 0.5) is 0 Å². The van der Waals surface area contributed by atoms with Gasteiger partial charge in [-0.15, -0.1) is 0 Å². The van der Waals surface area contributed by atoms with Gasteiger partial charge in [0.05, 0.1) is 0 Å². The highest BCUT2D eigenvalue weighted by atomic mass is 15.3. The average Bonchev–Trinajstić information content (AvgIpc) is 2.45. The fraction of sp³-hybridized carbons (Fsp3) is 1.00. The standard InChI is InChI=1S/C18H37N3/c1-6-9-19-16-8-7-15(2)14-17(16)20-10-12-21(13-11-20)18(3,4)5/h15-17,19H,6-14H2,1-5H3. The van der Waals surface area contributed by atoms with Crippen molar-refractivity contribution in [3.63, 3.8) is 0 Å². The van der Waals surface area contributed by atoms with Gasteiger partial charge in [-0.25, -0.2) is 0 Å². The Bertz CT molecular complexity index is 300. The van der Waals surface area contributed by atoms with Crippen LogP contribution in [-0.4, -0.2) is 60.1 Å². The van der Waals surface area contributed by atoms with Gasteiger partial charge in [-0.2, -0.15) is 0 Å². The van der Waals surface area contributed by atoms with Gasteiger partial charge in [-0.05, 0) is 58.9 Å². The molecule has 2 fully saturated rings. The molecule has 1 saturated carbocycles. The third-order valence-electron chi connectivity index (χ3n) is 5.47. The summed E-state index contributed by atoms with van der Waals surface area (Å²) in [6, 6.07) is 1.49. The molecule has 0 spiro atoms. The summed E-state index contributed by atoms with van der Waals surface area (Å²) >= 11 is 0. The second-order valence-corrected chi connectivity index (χ2v) is 8.24. The second-order valence-electron chi connectivity index (χ2n) is 8.24. The molecule has 1 aliphatic heterocycles. The Kier molecular flexibility index (Phi) is 6.10. The number of nitrogens with one attached hydrogen (secondary N) is 1. The van der Waals surface area contributed by atoms with Crippen LogP contribution >= 0.6 is 0 Å². The van der Waals surface area contributed by atoms with Crippen molar-refractivity contribution in [2.45, 2.75) is 77.9 Å². The number of piperazine rings is 1. The molecular formula is C18H37N3. The number of hydrogen-bond acceptors (Lipinski definition) is 3. The van der Waals surface area contributed by atoms with Crippen LogP contribution in [0.25, 0.3) is 0 Å². The minimum atomic E-state index is 0.325. The Balaban J connectivity index is 1.92. The zero-order valence-electron chi connectivity index (χ0n) is 15.0. The van der Waals surface area contributed by atoms with Crippen molar-refractivity contribution < 1.29 is 0 Å². The molecular weight excluding hydrogens is 258 g/mol. The van der Waals surface area contributed by atoms with Crippen LogP contribution in [0.3, 0.4) is 0 Å². The Morgan fingerprint density at radius 2 is 1.71 bits per heavy atom. The van der Waals surface area contributed by atoms with Gasteiger partial charge < -0.3 is 5.32 Å². The lowest BCUT2D eigenvalue weighted by molar-refractivity contribution is 0.0169. The normalized spacial score (nSPS) is 33.3. The molecule has 3 atom stereocenters. The van der Waals surface area contributed by atoms with Gasteiger partial charge in [-0.3, -0.25) is 9.80 Å². The summed E-state index contributed by atoms with van der Waals surface area (Å²) in [5, 5.41) is 3.83. The number of hydrogen-bond donors (Lipinski definition) is 1. The molecule has 1 N–H and O–H groups in total. The van der Waals surface area contributed by atoms with E-state index in [1.54, 1.807) is 0 Å².